The van der Waals surface area contributed by atoms with Crippen LogP contribution in [0, 0.1) is 5.82 Å². The Bertz CT molecular complexity index is 706. The summed E-state index contributed by atoms with van der Waals surface area (Å²) in [6.45, 7) is 4.08. The third kappa shape index (κ3) is 5.87. The Balaban J connectivity index is 1.93. The zero-order valence-corrected chi connectivity index (χ0v) is 15.0. The van der Waals surface area contributed by atoms with E-state index in [0.29, 0.717) is 19.6 Å². The number of carbonyl (C=O) groups is 1. The molecule has 0 saturated heterocycles. The van der Waals surface area contributed by atoms with Crippen molar-refractivity contribution in [3.63, 3.8) is 0 Å². The predicted octanol–water partition coefficient (Wildman–Crippen LogP) is 3.31. The van der Waals surface area contributed by atoms with Gasteiger partial charge in [0.25, 0.3) is 0 Å². The molecule has 0 aliphatic rings. The number of hydrogen-bond donors (Lipinski definition) is 0. The van der Waals surface area contributed by atoms with Crippen molar-refractivity contribution in [2.45, 2.75) is 20.0 Å². The van der Waals surface area contributed by atoms with Crippen molar-refractivity contribution >= 4 is 5.91 Å². The highest BCUT2D eigenvalue weighted by Crippen LogP contribution is 2.14. The van der Waals surface area contributed by atoms with Crippen molar-refractivity contribution in [2.75, 3.05) is 27.2 Å². The Hall–Kier alpha value is -2.40. The zero-order chi connectivity index (χ0) is 18.2. The molecule has 2 aromatic carbocycles. The summed E-state index contributed by atoms with van der Waals surface area (Å²) >= 11 is 0. The molecule has 0 saturated carbocycles. The van der Waals surface area contributed by atoms with E-state index in [1.165, 1.54) is 12.1 Å². The lowest BCUT2D eigenvalue weighted by Gasteiger charge is -2.24. The van der Waals surface area contributed by atoms with Gasteiger partial charge in [0.15, 0.2) is 0 Å². The van der Waals surface area contributed by atoms with Gasteiger partial charge in [0.2, 0.25) is 5.91 Å². The van der Waals surface area contributed by atoms with Crippen LogP contribution in [0.25, 0.3) is 0 Å². The lowest BCUT2D eigenvalue weighted by Crippen LogP contribution is -2.37. The van der Waals surface area contributed by atoms with Crippen LogP contribution < -0.4 is 4.74 Å². The van der Waals surface area contributed by atoms with Crippen LogP contribution in [0.5, 0.6) is 5.75 Å². The second kappa shape index (κ2) is 9.18. The van der Waals surface area contributed by atoms with E-state index in [4.69, 9.17) is 4.74 Å². The van der Waals surface area contributed by atoms with Gasteiger partial charge in [0.1, 0.15) is 11.6 Å². The van der Waals surface area contributed by atoms with Crippen molar-refractivity contribution in [2.24, 2.45) is 0 Å². The van der Waals surface area contributed by atoms with Gasteiger partial charge < -0.3 is 9.64 Å². The summed E-state index contributed by atoms with van der Waals surface area (Å²) in [5.41, 5.74) is 1.88. The number of halogens is 1. The van der Waals surface area contributed by atoms with Gasteiger partial charge in [-0.05, 0) is 41.9 Å². The lowest BCUT2D eigenvalue weighted by atomic mass is 10.2. The molecule has 0 atom stereocenters. The van der Waals surface area contributed by atoms with E-state index in [-0.39, 0.29) is 11.7 Å². The third-order valence-corrected chi connectivity index (χ3v) is 4.08. The van der Waals surface area contributed by atoms with Crippen molar-refractivity contribution < 1.29 is 13.9 Å². The largest absolute Gasteiger partial charge is 0.497 e. The molecule has 4 nitrogen and oxygen atoms in total. The summed E-state index contributed by atoms with van der Waals surface area (Å²) in [6.07, 6.45) is 0. The number of likely N-dealkylation sites (N-methyl/N-ethyl adjacent to an activating group) is 2. The van der Waals surface area contributed by atoms with E-state index >= 15 is 0 Å². The Morgan fingerprint density at radius 1 is 1.08 bits per heavy atom. The fourth-order valence-electron chi connectivity index (χ4n) is 2.62. The van der Waals surface area contributed by atoms with Crippen LogP contribution in [0.2, 0.25) is 0 Å². The molecule has 25 heavy (non-hydrogen) atoms. The van der Waals surface area contributed by atoms with Crippen molar-refractivity contribution in [3.8, 4) is 5.75 Å². The van der Waals surface area contributed by atoms with Crippen LogP contribution in [-0.4, -0.2) is 43.0 Å². The molecule has 0 fully saturated rings. The molecule has 0 spiro atoms. The molecular formula is C20H25FN2O2. The van der Waals surface area contributed by atoms with E-state index in [2.05, 4.69) is 0 Å². The average Bonchev–Trinajstić information content (AvgIpc) is 2.61. The number of methoxy groups -OCH3 is 1. The van der Waals surface area contributed by atoms with Gasteiger partial charge in [-0.1, -0.05) is 31.2 Å². The van der Waals surface area contributed by atoms with Crippen LogP contribution in [0.3, 0.4) is 0 Å². The molecular weight excluding hydrogens is 319 g/mol. The van der Waals surface area contributed by atoms with Gasteiger partial charge in [-0.15, -0.1) is 0 Å². The second-order valence-corrected chi connectivity index (χ2v) is 6.03. The molecule has 0 bridgehead atoms. The molecule has 0 aliphatic carbocycles. The highest BCUT2D eigenvalue weighted by atomic mass is 19.1. The highest BCUT2D eigenvalue weighted by molar-refractivity contribution is 5.78. The molecule has 0 aromatic heterocycles. The number of ether oxygens (including phenoxy) is 1. The minimum Gasteiger partial charge on any atom is -0.497 e. The van der Waals surface area contributed by atoms with Crippen LogP contribution in [0.15, 0.2) is 48.5 Å². The molecule has 0 aliphatic heterocycles. The van der Waals surface area contributed by atoms with Crippen LogP contribution in [0.1, 0.15) is 18.1 Å². The van der Waals surface area contributed by atoms with Gasteiger partial charge in [-0.2, -0.15) is 0 Å². The third-order valence-electron chi connectivity index (χ3n) is 4.08. The minimum absolute atomic E-state index is 0.0288. The summed E-state index contributed by atoms with van der Waals surface area (Å²) in [4.78, 5) is 16.2. The van der Waals surface area contributed by atoms with Crippen molar-refractivity contribution in [1.29, 1.82) is 0 Å². The molecule has 5 heteroatoms. The monoisotopic (exact) mass is 344 g/mol. The Morgan fingerprint density at radius 2 is 1.76 bits per heavy atom. The maximum atomic E-state index is 13.3. The van der Waals surface area contributed by atoms with E-state index in [1.807, 2.05) is 42.2 Å². The number of nitrogens with zero attached hydrogens (tertiary/aromatic N) is 2. The van der Waals surface area contributed by atoms with Gasteiger partial charge in [-0.3, -0.25) is 9.69 Å². The van der Waals surface area contributed by atoms with E-state index in [9.17, 15) is 9.18 Å². The van der Waals surface area contributed by atoms with Gasteiger partial charge >= 0.3 is 0 Å². The maximum absolute atomic E-state index is 13.3. The van der Waals surface area contributed by atoms with E-state index in [1.54, 1.807) is 25.1 Å². The summed E-state index contributed by atoms with van der Waals surface area (Å²) in [5.74, 6) is 0.552. The first-order valence-corrected chi connectivity index (χ1v) is 8.35. The second-order valence-electron chi connectivity index (χ2n) is 6.03. The quantitative estimate of drug-likeness (QED) is 0.736. The minimum atomic E-state index is -0.255. The first kappa shape index (κ1) is 18.9. The standard InChI is InChI=1S/C20H25FN2O2/c1-4-23(14-16-7-5-9-18(21)11-16)15-20(24)22(2)13-17-8-6-10-19(12-17)25-3/h5-12H,4,13-15H2,1-3H3. The highest BCUT2D eigenvalue weighted by Gasteiger charge is 2.14. The fourth-order valence-corrected chi connectivity index (χ4v) is 2.62. The molecule has 0 radical (unpaired) electrons. The number of amides is 1. The van der Waals surface area contributed by atoms with Crippen LogP contribution in [-0.2, 0) is 17.9 Å². The number of carbonyl (C=O) groups excluding carboxylic acids is 1. The number of hydrogen-bond acceptors (Lipinski definition) is 3. The molecule has 2 rings (SSSR count). The summed E-state index contributed by atoms with van der Waals surface area (Å²) in [5, 5.41) is 0. The van der Waals surface area contributed by atoms with E-state index < -0.39 is 0 Å². The maximum Gasteiger partial charge on any atom is 0.236 e. The Kier molecular flexibility index (Phi) is 6.95. The molecule has 1 amide bonds. The predicted molar refractivity (Wildman–Crippen MR) is 96.8 cm³/mol. The topological polar surface area (TPSA) is 32.8 Å². The van der Waals surface area contributed by atoms with Crippen LogP contribution in [0.4, 0.5) is 4.39 Å². The molecule has 0 heterocycles. The van der Waals surface area contributed by atoms with Crippen molar-refractivity contribution in [3.05, 3.63) is 65.5 Å². The Labute approximate surface area is 148 Å². The lowest BCUT2D eigenvalue weighted by molar-refractivity contribution is -0.131. The molecule has 2 aromatic rings. The molecule has 134 valence electrons. The summed E-state index contributed by atoms with van der Waals surface area (Å²) < 4.78 is 18.5. The zero-order valence-electron chi connectivity index (χ0n) is 15.0. The summed E-state index contributed by atoms with van der Waals surface area (Å²) in [6, 6.07) is 14.2. The van der Waals surface area contributed by atoms with Gasteiger partial charge in [0.05, 0.1) is 13.7 Å². The average molecular weight is 344 g/mol. The first-order chi connectivity index (χ1) is 12.0. The molecule has 0 unspecified atom stereocenters. The SMILES string of the molecule is CCN(CC(=O)N(C)Cc1cccc(OC)c1)Cc1cccc(F)c1. The molecule has 0 N–H and O–H groups in total. The number of rotatable bonds is 8. The summed E-state index contributed by atoms with van der Waals surface area (Å²) in [7, 11) is 3.41. The number of benzene rings is 2. The van der Waals surface area contributed by atoms with Gasteiger partial charge in [-0.25, -0.2) is 4.39 Å². The first-order valence-electron chi connectivity index (χ1n) is 8.35. The normalized spacial score (nSPS) is 10.8. The smallest absolute Gasteiger partial charge is 0.236 e. The fraction of sp³-hybridized carbons (Fsp3) is 0.350. The van der Waals surface area contributed by atoms with Crippen LogP contribution >= 0.6 is 0 Å². The van der Waals surface area contributed by atoms with Gasteiger partial charge in [0, 0.05) is 20.1 Å². The van der Waals surface area contributed by atoms with Crippen molar-refractivity contribution in [1.82, 2.24) is 9.80 Å². The Morgan fingerprint density at radius 3 is 2.40 bits per heavy atom. The van der Waals surface area contributed by atoms with E-state index in [0.717, 1.165) is 23.4 Å².